The van der Waals surface area contributed by atoms with Crippen molar-refractivity contribution in [2.75, 3.05) is 13.7 Å². The van der Waals surface area contributed by atoms with Gasteiger partial charge in [-0.2, -0.15) is 0 Å². The highest BCUT2D eigenvalue weighted by molar-refractivity contribution is 5.24. The molecule has 0 saturated carbocycles. The highest BCUT2D eigenvalue weighted by atomic mass is 19.1. The Morgan fingerprint density at radius 3 is 3.00 bits per heavy atom. The van der Waals surface area contributed by atoms with Crippen molar-refractivity contribution >= 4 is 0 Å². The van der Waals surface area contributed by atoms with E-state index in [4.69, 9.17) is 4.74 Å². The van der Waals surface area contributed by atoms with Crippen molar-refractivity contribution in [1.29, 1.82) is 0 Å². The quantitative estimate of drug-likeness (QED) is 0.573. The molecule has 15 heavy (non-hydrogen) atoms. The second-order valence-corrected chi connectivity index (χ2v) is 3.26. The van der Waals surface area contributed by atoms with Crippen molar-refractivity contribution in [2.45, 2.75) is 13.2 Å². The van der Waals surface area contributed by atoms with Gasteiger partial charge in [0.1, 0.15) is 5.82 Å². The maximum atomic E-state index is 13.3. The summed E-state index contributed by atoms with van der Waals surface area (Å²) in [6.45, 7) is 4.99. The van der Waals surface area contributed by atoms with Gasteiger partial charge in [0.25, 0.3) is 0 Å². The summed E-state index contributed by atoms with van der Waals surface area (Å²) in [5, 5.41) is 3.02. The van der Waals surface area contributed by atoms with Gasteiger partial charge in [0.2, 0.25) is 0 Å². The van der Waals surface area contributed by atoms with E-state index >= 15 is 0 Å². The Hall–Kier alpha value is -1.19. The summed E-state index contributed by atoms with van der Waals surface area (Å²) < 4.78 is 18.5. The van der Waals surface area contributed by atoms with Crippen molar-refractivity contribution in [3.05, 3.63) is 47.8 Å². The molecule has 3 heteroatoms. The smallest absolute Gasteiger partial charge is 0.128 e. The van der Waals surface area contributed by atoms with Crippen molar-refractivity contribution < 1.29 is 9.13 Å². The average molecular weight is 209 g/mol. The maximum Gasteiger partial charge on any atom is 0.128 e. The molecule has 1 aromatic carbocycles. The van der Waals surface area contributed by atoms with Gasteiger partial charge in [0.15, 0.2) is 0 Å². The van der Waals surface area contributed by atoms with Crippen LogP contribution in [-0.2, 0) is 17.9 Å². The molecule has 0 fully saturated rings. The predicted octanol–water partition coefficient (Wildman–Crippen LogP) is 2.25. The lowest BCUT2D eigenvalue weighted by atomic mass is 10.1. The molecule has 0 bridgehead atoms. The van der Waals surface area contributed by atoms with Crippen molar-refractivity contribution in [2.24, 2.45) is 0 Å². The fraction of sp³-hybridized carbons (Fsp3) is 0.333. The van der Waals surface area contributed by atoms with Crippen LogP contribution in [0.3, 0.4) is 0 Å². The van der Waals surface area contributed by atoms with Crippen LogP contribution in [0.2, 0.25) is 0 Å². The molecule has 1 aromatic rings. The molecule has 0 heterocycles. The van der Waals surface area contributed by atoms with E-state index in [1.54, 1.807) is 12.1 Å². The van der Waals surface area contributed by atoms with Gasteiger partial charge in [-0.1, -0.05) is 12.1 Å². The van der Waals surface area contributed by atoms with Crippen LogP contribution >= 0.6 is 0 Å². The van der Waals surface area contributed by atoms with Gasteiger partial charge in [-0.3, -0.25) is 0 Å². The minimum Gasteiger partial charge on any atom is -0.373 e. The largest absolute Gasteiger partial charge is 0.373 e. The zero-order valence-corrected chi connectivity index (χ0v) is 8.92. The molecular formula is C12H16FNO. The Balaban J connectivity index is 2.67. The van der Waals surface area contributed by atoms with E-state index in [1.807, 2.05) is 13.1 Å². The molecule has 0 aliphatic carbocycles. The normalized spacial score (nSPS) is 10.3. The number of rotatable bonds is 6. The predicted molar refractivity (Wildman–Crippen MR) is 59.0 cm³/mol. The monoisotopic (exact) mass is 209 g/mol. The molecule has 0 aliphatic heterocycles. The Bertz CT molecular complexity index is 325. The molecule has 0 amide bonds. The van der Waals surface area contributed by atoms with Crippen LogP contribution in [0.1, 0.15) is 11.1 Å². The van der Waals surface area contributed by atoms with E-state index in [0.717, 1.165) is 12.1 Å². The Labute approximate surface area is 89.8 Å². The lowest BCUT2D eigenvalue weighted by Crippen LogP contribution is -2.06. The third kappa shape index (κ3) is 3.81. The summed E-state index contributed by atoms with van der Waals surface area (Å²) in [7, 11) is 1.86. The first kappa shape index (κ1) is 11.9. The fourth-order valence-electron chi connectivity index (χ4n) is 1.30. The third-order valence-corrected chi connectivity index (χ3v) is 1.98. The van der Waals surface area contributed by atoms with Crippen LogP contribution in [0.15, 0.2) is 30.9 Å². The van der Waals surface area contributed by atoms with Crippen LogP contribution in [0.5, 0.6) is 0 Å². The number of hydrogen-bond donors (Lipinski definition) is 1. The van der Waals surface area contributed by atoms with E-state index in [9.17, 15) is 4.39 Å². The SMILES string of the molecule is C=CCOCc1cc(CNC)ccc1F. The lowest BCUT2D eigenvalue weighted by Gasteiger charge is -2.06. The average Bonchev–Trinajstić information content (AvgIpc) is 2.23. The summed E-state index contributed by atoms with van der Waals surface area (Å²) in [4.78, 5) is 0. The molecule has 82 valence electrons. The minimum atomic E-state index is -0.223. The molecule has 0 atom stereocenters. The summed E-state index contributed by atoms with van der Waals surface area (Å²) in [6, 6.07) is 5.05. The first-order chi connectivity index (χ1) is 7.27. The van der Waals surface area contributed by atoms with Crippen molar-refractivity contribution in [3.63, 3.8) is 0 Å². The zero-order chi connectivity index (χ0) is 11.1. The van der Waals surface area contributed by atoms with Gasteiger partial charge in [0, 0.05) is 12.1 Å². The second kappa shape index (κ2) is 6.32. The lowest BCUT2D eigenvalue weighted by molar-refractivity contribution is 0.146. The Kier molecular flexibility index (Phi) is 5.01. The maximum absolute atomic E-state index is 13.3. The Morgan fingerprint density at radius 2 is 2.33 bits per heavy atom. The molecule has 0 unspecified atom stereocenters. The van der Waals surface area contributed by atoms with Gasteiger partial charge in [0.05, 0.1) is 13.2 Å². The third-order valence-electron chi connectivity index (χ3n) is 1.98. The highest BCUT2D eigenvalue weighted by Gasteiger charge is 2.03. The van der Waals surface area contributed by atoms with Crippen LogP contribution in [0.4, 0.5) is 4.39 Å². The second-order valence-electron chi connectivity index (χ2n) is 3.26. The van der Waals surface area contributed by atoms with Crippen molar-refractivity contribution in [1.82, 2.24) is 5.32 Å². The number of hydrogen-bond acceptors (Lipinski definition) is 2. The summed E-state index contributed by atoms with van der Waals surface area (Å²) in [6.07, 6.45) is 1.65. The zero-order valence-electron chi connectivity index (χ0n) is 8.92. The van der Waals surface area contributed by atoms with E-state index in [-0.39, 0.29) is 12.4 Å². The first-order valence-corrected chi connectivity index (χ1v) is 4.88. The van der Waals surface area contributed by atoms with E-state index < -0.39 is 0 Å². The molecular weight excluding hydrogens is 193 g/mol. The van der Waals surface area contributed by atoms with Crippen molar-refractivity contribution in [3.8, 4) is 0 Å². The number of halogens is 1. The van der Waals surface area contributed by atoms with Gasteiger partial charge in [-0.15, -0.1) is 6.58 Å². The van der Waals surface area contributed by atoms with Gasteiger partial charge >= 0.3 is 0 Å². The fourth-order valence-corrected chi connectivity index (χ4v) is 1.30. The molecule has 0 saturated heterocycles. The number of nitrogens with one attached hydrogen (secondary N) is 1. The van der Waals surface area contributed by atoms with E-state index in [1.165, 1.54) is 6.07 Å². The number of ether oxygens (including phenoxy) is 1. The molecule has 2 nitrogen and oxygen atoms in total. The molecule has 0 radical (unpaired) electrons. The van der Waals surface area contributed by atoms with E-state index in [2.05, 4.69) is 11.9 Å². The molecule has 1 rings (SSSR count). The van der Waals surface area contributed by atoms with Gasteiger partial charge < -0.3 is 10.1 Å². The highest BCUT2D eigenvalue weighted by Crippen LogP contribution is 2.11. The molecule has 0 spiro atoms. The van der Waals surface area contributed by atoms with Gasteiger partial charge in [-0.25, -0.2) is 4.39 Å². The number of benzene rings is 1. The van der Waals surface area contributed by atoms with Crippen LogP contribution in [-0.4, -0.2) is 13.7 Å². The molecule has 0 aromatic heterocycles. The van der Waals surface area contributed by atoms with Crippen LogP contribution in [0.25, 0.3) is 0 Å². The van der Waals surface area contributed by atoms with Crippen LogP contribution in [0, 0.1) is 5.82 Å². The Morgan fingerprint density at radius 1 is 1.53 bits per heavy atom. The summed E-state index contributed by atoms with van der Waals surface area (Å²) in [5.41, 5.74) is 1.64. The minimum absolute atomic E-state index is 0.223. The van der Waals surface area contributed by atoms with Gasteiger partial charge in [-0.05, 0) is 24.7 Å². The van der Waals surface area contributed by atoms with Crippen LogP contribution < -0.4 is 5.32 Å². The van der Waals surface area contributed by atoms with E-state index in [0.29, 0.717) is 12.2 Å². The topological polar surface area (TPSA) is 21.3 Å². The first-order valence-electron chi connectivity index (χ1n) is 4.88. The molecule has 0 aliphatic rings. The standard InChI is InChI=1S/C12H16FNO/c1-3-6-15-9-11-7-10(8-14-2)4-5-12(11)13/h3-5,7,14H,1,6,8-9H2,2H3. The summed E-state index contributed by atoms with van der Waals surface area (Å²) in [5.74, 6) is -0.223. The molecule has 1 N–H and O–H groups in total. The summed E-state index contributed by atoms with van der Waals surface area (Å²) >= 11 is 0.